The van der Waals surface area contributed by atoms with Gasteiger partial charge in [0, 0.05) is 19.5 Å². The fraction of sp³-hybridized carbons (Fsp3) is 0.387. The molecule has 1 aromatic heterocycles. The summed E-state index contributed by atoms with van der Waals surface area (Å²) in [5.74, 6) is -0.975. The molecule has 2 atom stereocenters. The number of hydrogen-bond acceptors (Lipinski definition) is 7. The van der Waals surface area contributed by atoms with Gasteiger partial charge in [0.1, 0.15) is 16.5 Å². The minimum absolute atomic E-state index is 0.0820. The zero-order valence-electron chi connectivity index (χ0n) is 23.9. The fourth-order valence-corrected chi connectivity index (χ4v) is 8.34. The maximum atomic E-state index is 12.2. The van der Waals surface area contributed by atoms with Crippen LogP contribution in [0.5, 0.6) is 5.75 Å². The van der Waals surface area contributed by atoms with Crippen LogP contribution in [0.15, 0.2) is 47.4 Å². The number of nitrogens with zero attached hydrogens (tertiary/aromatic N) is 4. The fourth-order valence-electron chi connectivity index (χ4n) is 6.42. The molecule has 0 saturated carbocycles. The van der Waals surface area contributed by atoms with Gasteiger partial charge in [0.25, 0.3) is 0 Å². The molecule has 6 rings (SSSR count). The number of rotatable bonds is 7. The van der Waals surface area contributed by atoms with Crippen LogP contribution in [0.4, 0.5) is 0 Å². The van der Waals surface area contributed by atoms with Crippen molar-refractivity contribution in [3.05, 3.63) is 80.9 Å². The standard InChI is InChI=1S/C31H35ClN4O5S/c1-4-22-17-36(42(39,40)28-10-6-9-26(32)31(28)41-22)16-21-14-20(13-19-7-5-8-24(19)21)25(15-29(37)38)23-11-12-27-30(18(23)2)33-34-35(27)3/h6,9-14,22,25,39-40H,4-5,7-8,15-17H2,1-3H3,(H,37,38)/t22-,25?/m1/s1. The Labute approximate surface area is 251 Å². The maximum Gasteiger partial charge on any atom is 0.304 e. The van der Waals surface area contributed by atoms with E-state index in [1.807, 2.05) is 33.0 Å². The summed E-state index contributed by atoms with van der Waals surface area (Å²) in [6.45, 7) is 4.56. The molecule has 42 heavy (non-hydrogen) atoms. The van der Waals surface area contributed by atoms with E-state index in [9.17, 15) is 19.0 Å². The van der Waals surface area contributed by atoms with Gasteiger partial charge in [-0.15, -0.1) is 15.9 Å². The minimum Gasteiger partial charge on any atom is -0.485 e. The molecular weight excluding hydrogens is 576 g/mol. The summed E-state index contributed by atoms with van der Waals surface area (Å²) in [7, 11) is -1.58. The predicted octanol–water partition coefficient (Wildman–Crippen LogP) is 6.72. The number of para-hydroxylation sites is 1. The Balaban J connectivity index is 1.45. The number of hydrogen-bond donors (Lipinski definition) is 3. The predicted molar refractivity (Wildman–Crippen MR) is 163 cm³/mol. The number of benzene rings is 3. The Morgan fingerprint density at radius 3 is 2.79 bits per heavy atom. The van der Waals surface area contributed by atoms with Crippen LogP contribution in [-0.4, -0.2) is 52.1 Å². The average molecular weight is 611 g/mol. The molecule has 1 aliphatic heterocycles. The topological polar surface area (TPSA) is 121 Å². The molecule has 3 N–H and O–H groups in total. The Bertz CT molecular complexity index is 1690. The molecule has 0 spiro atoms. The van der Waals surface area contributed by atoms with E-state index < -0.39 is 22.7 Å². The molecule has 3 aromatic carbocycles. The van der Waals surface area contributed by atoms with Crippen molar-refractivity contribution in [2.24, 2.45) is 7.05 Å². The second kappa shape index (κ2) is 11.2. The number of aryl methyl sites for hydroxylation is 3. The Morgan fingerprint density at radius 2 is 2.02 bits per heavy atom. The highest BCUT2D eigenvalue weighted by atomic mass is 35.5. The molecule has 1 aliphatic carbocycles. The molecule has 0 fully saturated rings. The van der Waals surface area contributed by atoms with Crippen molar-refractivity contribution in [1.82, 2.24) is 19.3 Å². The van der Waals surface area contributed by atoms with Gasteiger partial charge in [0.15, 0.2) is 5.75 Å². The molecule has 4 aromatic rings. The van der Waals surface area contributed by atoms with Crippen LogP contribution < -0.4 is 4.74 Å². The van der Waals surface area contributed by atoms with Gasteiger partial charge in [0.05, 0.1) is 23.5 Å². The summed E-state index contributed by atoms with van der Waals surface area (Å²) >= 11 is 6.44. The number of aromatic nitrogens is 3. The second-order valence-electron chi connectivity index (χ2n) is 11.2. The van der Waals surface area contributed by atoms with E-state index in [1.165, 1.54) is 11.1 Å². The first-order valence-electron chi connectivity index (χ1n) is 14.2. The van der Waals surface area contributed by atoms with Crippen LogP contribution >= 0.6 is 22.4 Å². The van der Waals surface area contributed by atoms with E-state index >= 15 is 0 Å². The van der Waals surface area contributed by atoms with Crippen molar-refractivity contribution in [1.29, 1.82) is 0 Å². The summed E-state index contributed by atoms with van der Waals surface area (Å²) < 4.78 is 32.9. The lowest BCUT2D eigenvalue weighted by atomic mass is 9.83. The molecule has 222 valence electrons. The smallest absolute Gasteiger partial charge is 0.304 e. The van der Waals surface area contributed by atoms with Crippen molar-refractivity contribution in [3.63, 3.8) is 0 Å². The van der Waals surface area contributed by atoms with Crippen LogP contribution in [0.3, 0.4) is 0 Å². The second-order valence-corrected chi connectivity index (χ2v) is 13.6. The lowest BCUT2D eigenvalue weighted by Gasteiger charge is -2.42. The first-order chi connectivity index (χ1) is 20.1. The zero-order chi connectivity index (χ0) is 29.8. The number of ether oxygens (including phenoxy) is 1. The van der Waals surface area contributed by atoms with Crippen LogP contribution in [0.2, 0.25) is 5.02 Å². The van der Waals surface area contributed by atoms with Crippen molar-refractivity contribution < 1.29 is 23.7 Å². The summed E-state index contributed by atoms with van der Waals surface area (Å²) in [6.07, 6.45) is 3.08. The van der Waals surface area contributed by atoms with E-state index in [-0.39, 0.29) is 24.0 Å². The highest BCUT2D eigenvalue weighted by Gasteiger charge is 2.37. The summed E-state index contributed by atoms with van der Waals surface area (Å²) in [4.78, 5) is 12.5. The Kier molecular flexibility index (Phi) is 7.69. The highest BCUT2D eigenvalue weighted by molar-refractivity contribution is 8.22. The normalized spacial score (nSPS) is 19.5. The minimum atomic E-state index is -3.42. The van der Waals surface area contributed by atoms with E-state index in [0.717, 1.165) is 52.5 Å². The van der Waals surface area contributed by atoms with Gasteiger partial charge in [-0.2, -0.15) is 4.31 Å². The number of halogens is 1. The van der Waals surface area contributed by atoms with E-state index in [0.29, 0.717) is 23.7 Å². The van der Waals surface area contributed by atoms with Gasteiger partial charge in [-0.05, 0) is 84.2 Å². The molecule has 0 radical (unpaired) electrons. The van der Waals surface area contributed by atoms with Gasteiger partial charge in [-0.3, -0.25) is 13.9 Å². The molecule has 9 nitrogen and oxygen atoms in total. The molecular formula is C31H35ClN4O5S. The molecule has 1 unspecified atom stereocenters. The largest absolute Gasteiger partial charge is 0.485 e. The zero-order valence-corrected chi connectivity index (χ0v) is 25.5. The number of carboxylic acids is 1. The van der Waals surface area contributed by atoms with Crippen LogP contribution in [-0.2, 0) is 31.2 Å². The van der Waals surface area contributed by atoms with Crippen molar-refractivity contribution >= 4 is 39.4 Å². The molecule has 0 saturated heterocycles. The third-order valence-corrected chi connectivity index (χ3v) is 10.9. The Hall–Kier alpha value is -3.15. The van der Waals surface area contributed by atoms with Crippen molar-refractivity contribution in [2.75, 3.05) is 6.54 Å². The van der Waals surface area contributed by atoms with E-state index in [2.05, 4.69) is 22.4 Å². The van der Waals surface area contributed by atoms with Crippen LogP contribution in [0, 0.1) is 6.92 Å². The summed E-state index contributed by atoms with van der Waals surface area (Å²) in [5.41, 5.74) is 7.73. The molecule has 2 heterocycles. The van der Waals surface area contributed by atoms with Gasteiger partial charge in [-0.1, -0.05) is 48.0 Å². The third kappa shape index (κ3) is 5.05. The van der Waals surface area contributed by atoms with Gasteiger partial charge >= 0.3 is 5.97 Å². The molecule has 11 heteroatoms. The summed E-state index contributed by atoms with van der Waals surface area (Å²) in [6, 6.07) is 13.2. The highest BCUT2D eigenvalue weighted by Crippen LogP contribution is 2.59. The van der Waals surface area contributed by atoms with Gasteiger partial charge in [-0.25, -0.2) is 4.68 Å². The van der Waals surface area contributed by atoms with Crippen molar-refractivity contribution in [3.8, 4) is 5.75 Å². The van der Waals surface area contributed by atoms with Crippen LogP contribution in [0.25, 0.3) is 11.0 Å². The molecule has 0 amide bonds. The SMILES string of the molecule is CC[C@@H]1CN(Cc2cc(C(CC(=O)O)c3ccc4c(nnn4C)c3C)cc3c2CCC3)S(O)(O)c2cccc(Cl)c2O1. The van der Waals surface area contributed by atoms with E-state index in [4.69, 9.17) is 16.3 Å². The van der Waals surface area contributed by atoms with E-state index in [1.54, 1.807) is 27.2 Å². The first-order valence-corrected chi connectivity index (χ1v) is 16.1. The van der Waals surface area contributed by atoms with Crippen molar-refractivity contribution in [2.45, 2.75) is 69.4 Å². The quantitative estimate of drug-likeness (QED) is 0.211. The number of carbonyl (C=O) groups is 1. The average Bonchev–Trinajstić information content (AvgIpc) is 3.56. The first kappa shape index (κ1) is 28.9. The lowest BCUT2D eigenvalue weighted by Crippen LogP contribution is -2.34. The Morgan fingerprint density at radius 1 is 1.21 bits per heavy atom. The molecule has 0 bridgehead atoms. The molecule has 2 aliphatic rings. The maximum absolute atomic E-state index is 12.2. The van der Waals surface area contributed by atoms with Gasteiger partial charge < -0.3 is 9.84 Å². The lowest BCUT2D eigenvalue weighted by molar-refractivity contribution is -0.137. The summed E-state index contributed by atoms with van der Waals surface area (Å²) in [5, 5.41) is 18.8. The number of fused-ring (bicyclic) bond motifs is 3. The third-order valence-electron chi connectivity index (χ3n) is 8.65. The number of aliphatic carboxylic acids is 1. The monoisotopic (exact) mass is 610 g/mol. The van der Waals surface area contributed by atoms with Crippen LogP contribution in [0.1, 0.15) is 65.5 Å². The van der Waals surface area contributed by atoms with Gasteiger partial charge in [0.2, 0.25) is 0 Å². The number of carboxylic acid groups (broad SMARTS) is 1.